The lowest BCUT2D eigenvalue weighted by Gasteiger charge is -2.06. The van der Waals surface area contributed by atoms with Crippen molar-refractivity contribution in [2.24, 2.45) is 7.05 Å². The van der Waals surface area contributed by atoms with Gasteiger partial charge in [0.1, 0.15) is 5.15 Å². The maximum atomic E-state index is 11.8. The van der Waals surface area contributed by atoms with E-state index in [-0.39, 0.29) is 5.89 Å². The van der Waals surface area contributed by atoms with E-state index in [0.29, 0.717) is 16.6 Å². The predicted octanol–water partition coefficient (Wildman–Crippen LogP) is 2.39. The van der Waals surface area contributed by atoms with Crippen LogP contribution in [0.3, 0.4) is 0 Å². The van der Waals surface area contributed by atoms with E-state index in [1.165, 1.54) is 10.8 Å². The summed E-state index contributed by atoms with van der Waals surface area (Å²) in [5, 5.41) is 12.1. The molecule has 0 saturated carbocycles. The fourth-order valence-electron chi connectivity index (χ4n) is 1.73. The summed E-state index contributed by atoms with van der Waals surface area (Å²) in [6.45, 7) is 5.12. The summed E-state index contributed by atoms with van der Waals surface area (Å²) in [7, 11) is 1.73. The Hall–Kier alpha value is -2.15. The normalized spacial score (nSPS) is 12.8. The highest BCUT2D eigenvalue weighted by Crippen LogP contribution is 2.20. The monoisotopic (exact) mass is 310 g/mol. The van der Waals surface area contributed by atoms with Crippen LogP contribution >= 0.6 is 11.6 Å². The lowest BCUT2D eigenvalue weighted by molar-refractivity contribution is -0.143. The molecule has 0 saturated heterocycles. The molecule has 0 amide bonds. The lowest BCUT2D eigenvalue weighted by Crippen LogP contribution is -2.06. The summed E-state index contributed by atoms with van der Waals surface area (Å²) in [5.41, 5.74) is 1.41. The number of carbonyl (C=O) groups excluding carboxylic acids is 1. The highest BCUT2D eigenvalue weighted by molar-refractivity contribution is 6.31. The lowest BCUT2D eigenvalue weighted by atomic mass is 10.2. The van der Waals surface area contributed by atoms with E-state index in [9.17, 15) is 4.79 Å². The fraction of sp³-hybridized carbons (Fsp3) is 0.385. The van der Waals surface area contributed by atoms with E-state index in [1.54, 1.807) is 33.9 Å². The second-order valence-corrected chi connectivity index (χ2v) is 4.84. The van der Waals surface area contributed by atoms with Gasteiger partial charge in [-0.2, -0.15) is 5.10 Å². The van der Waals surface area contributed by atoms with Gasteiger partial charge in [0, 0.05) is 25.6 Å². The van der Waals surface area contributed by atoms with Gasteiger partial charge in [0.25, 0.3) is 5.89 Å². The number of halogens is 1. The van der Waals surface area contributed by atoms with Crippen molar-refractivity contribution >= 4 is 23.6 Å². The zero-order valence-electron chi connectivity index (χ0n) is 12.1. The first-order valence-corrected chi connectivity index (χ1v) is 6.64. The summed E-state index contributed by atoms with van der Waals surface area (Å²) in [6, 6.07) is 0. The smallest absolute Gasteiger partial charge is 0.331 e. The molecule has 0 bridgehead atoms. The third-order valence-corrected chi connectivity index (χ3v) is 3.21. The average Bonchev–Trinajstić information content (AvgIpc) is 2.94. The highest BCUT2D eigenvalue weighted by atomic mass is 35.5. The van der Waals surface area contributed by atoms with Crippen LogP contribution in [0.1, 0.15) is 36.1 Å². The van der Waals surface area contributed by atoms with Crippen LogP contribution in [0.15, 0.2) is 10.5 Å². The Bertz CT molecular complexity index is 690. The number of hydrogen-bond acceptors (Lipinski definition) is 6. The van der Waals surface area contributed by atoms with Crippen molar-refractivity contribution in [2.45, 2.75) is 26.9 Å². The van der Waals surface area contributed by atoms with Crippen LogP contribution in [0.25, 0.3) is 6.08 Å². The molecular weight excluding hydrogens is 296 g/mol. The molecule has 8 heteroatoms. The molecule has 0 unspecified atom stereocenters. The number of esters is 1. The first-order valence-electron chi connectivity index (χ1n) is 6.26. The van der Waals surface area contributed by atoms with Crippen molar-refractivity contribution in [3.63, 3.8) is 0 Å². The molecule has 0 N–H and O–H groups in total. The molecule has 0 aliphatic rings. The second-order valence-electron chi connectivity index (χ2n) is 4.49. The summed E-state index contributed by atoms with van der Waals surface area (Å²) in [6.07, 6.45) is 2.24. The average molecular weight is 311 g/mol. The molecule has 7 nitrogen and oxygen atoms in total. The molecule has 0 aromatic carbocycles. The van der Waals surface area contributed by atoms with E-state index >= 15 is 0 Å². The van der Waals surface area contributed by atoms with Gasteiger partial charge >= 0.3 is 5.97 Å². The van der Waals surface area contributed by atoms with Gasteiger partial charge in [-0.25, -0.2) is 4.79 Å². The first-order chi connectivity index (χ1) is 9.88. The van der Waals surface area contributed by atoms with Gasteiger partial charge in [-0.05, 0) is 19.9 Å². The molecule has 0 spiro atoms. The molecule has 2 rings (SSSR count). The molecule has 0 aliphatic heterocycles. The van der Waals surface area contributed by atoms with Crippen LogP contribution in [-0.2, 0) is 16.6 Å². The van der Waals surface area contributed by atoms with Crippen LogP contribution in [-0.4, -0.2) is 25.9 Å². The van der Waals surface area contributed by atoms with Gasteiger partial charge in [0.15, 0.2) is 6.10 Å². The minimum atomic E-state index is -0.617. The van der Waals surface area contributed by atoms with E-state index in [4.69, 9.17) is 20.8 Å². The molecular formula is C13H15ClN4O3. The Morgan fingerprint density at radius 3 is 2.67 bits per heavy atom. The first kappa shape index (κ1) is 15.2. The van der Waals surface area contributed by atoms with E-state index in [2.05, 4.69) is 15.3 Å². The van der Waals surface area contributed by atoms with E-state index in [0.717, 1.165) is 5.69 Å². The highest BCUT2D eigenvalue weighted by Gasteiger charge is 2.16. The second kappa shape index (κ2) is 6.09. The molecule has 0 aliphatic carbocycles. The van der Waals surface area contributed by atoms with Crippen molar-refractivity contribution in [1.29, 1.82) is 0 Å². The number of nitrogens with zero attached hydrogens (tertiary/aromatic N) is 4. The number of aryl methyl sites for hydroxylation is 3. The SMILES string of the molecule is Cc1nnc([C@@H](C)OC(=O)/C=C\c2c(C)nn(C)c2Cl)o1. The van der Waals surface area contributed by atoms with Gasteiger partial charge in [-0.3, -0.25) is 4.68 Å². The van der Waals surface area contributed by atoms with Crippen molar-refractivity contribution in [2.75, 3.05) is 0 Å². The fourth-order valence-corrected chi connectivity index (χ4v) is 1.96. The third-order valence-electron chi connectivity index (χ3n) is 2.76. The Morgan fingerprint density at radius 2 is 2.14 bits per heavy atom. The number of rotatable bonds is 4. The predicted molar refractivity (Wildman–Crippen MR) is 75.5 cm³/mol. The summed E-state index contributed by atoms with van der Waals surface area (Å²) in [4.78, 5) is 11.8. The Balaban J connectivity index is 2.03. The maximum Gasteiger partial charge on any atom is 0.331 e. The van der Waals surface area contributed by atoms with Crippen molar-refractivity contribution in [3.8, 4) is 0 Å². The minimum Gasteiger partial charge on any atom is -0.449 e. The quantitative estimate of drug-likeness (QED) is 0.637. The van der Waals surface area contributed by atoms with Gasteiger partial charge in [0.05, 0.1) is 5.69 Å². The largest absolute Gasteiger partial charge is 0.449 e. The van der Waals surface area contributed by atoms with Crippen molar-refractivity contribution < 1.29 is 13.9 Å². The van der Waals surface area contributed by atoms with Gasteiger partial charge in [-0.1, -0.05) is 11.6 Å². The topological polar surface area (TPSA) is 83.0 Å². The molecule has 0 fully saturated rings. The zero-order valence-corrected chi connectivity index (χ0v) is 12.9. The minimum absolute atomic E-state index is 0.254. The Kier molecular flexibility index (Phi) is 4.42. The molecule has 21 heavy (non-hydrogen) atoms. The molecule has 2 heterocycles. The number of aromatic nitrogens is 4. The van der Waals surface area contributed by atoms with Crippen LogP contribution in [0.5, 0.6) is 0 Å². The van der Waals surface area contributed by atoms with Crippen LogP contribution < -0.4 is 0 Å². The van der Waals surface area contributed by atoms with Gasteiger partial charge in [-0.15, -0.1) is 10.2 Å². The van der Waals surface area contributed by atoms with Crippen LogP contribution in [0.2, 0.25) is 5.15 Å². The molecule has 2 aromatic rings. The number of hydrogen-bond donors (Lipinski definition) is 0. The van der Waals surface area contributed by atoms with Crippen LogP contribution in [0.4, 0.5) is 0 Å². The van der Waals surface area contributed by atoms with Crippen molar-refractivity contribution in [1.82, 2.24) is 20.0 Å². The van der Waals surface area contributed by atoms with Gasteiger partial charge in [0.2, 0.25) is 5.89 Å². The van der Waals surface area contributed by atoms with E-state index in [1.807, 2.05) is 0 Å². The van der Waals surface area contributed by atoms with Crippen molar-refractivity contribution in [3.05, 3.63) is 34.3 Å². The summed E-state index contributed by atoms with van der Waals surface area (Å²) >= 11 is 6.07. The Morgan fingerprint density at radius 1 is 1.43 bits per heavy atom. The number of ether oxygens (including phenoxy) is 1. The molecule has 0 radical (unpaired) electrons. The maximum absolute atomic E-state index is 11.8. The summed E-state index contributed by atoms with van der Waals surface area (Å²) in [5.74, 6) is 0.142. The number of carbonyl (C=O) groups is 1. The molecule has 112 valence electrons. The summed E-state index contributed by atoms with van der Waals surface area (Å²) < 4.78 is 11.9. The standard InChI is InChI=1S/C13H15ClN4O3/c1-7-10(12(14)18(4)17-7)5-6-11(19)20-8(2)13-16-15-9(3)21-13/h5-6,8H,1-4H3/b6-5-/t8-/m1/s1. The van der Waals surface area contributed by atoms with Gasteiger partial charge < -0.3 is 9.15 Å². The van der Waals surface area contributed by atoms with E-state index < -0.39 is 12.1 Å². The van der Waals surface area contributed by atoms with Crippen LogP contribution in [0, 0.1) is 13.8 Å². The molecule has 1 atom stereocenters. The molecule has 2 aromatic heterocycles. The zero-order chi connectivity index (χ0) is 15.6. The third kappa shape index (κ3) is 3.49. The Labute approximate surface area is 126 Å².